The number of benzene rings is 1. The predicted molar refractivity (Wildman–Crippen MR) is 83.9 cm³/mol. The van der Waals surface area contributed by atoms with Crippen LogP contribution in [0.2, 0.25) is 0 Å². The molecule has 0 radical (unpaired) electrons. The van der Waals surface area contributed by atoms with Crippen molar-refractivity contribution in [1.82, 2.24) is 9.80 Å². The number of hydrogen-bond acceptors (Lipinski definition) is 4. The molecule has 1 aromatic rings. The minimum absolute atomic E-state index is 0.0285. The quantitative estimate of drug-likeness (QED) is 0.881. The van der Waals surface area contributed by atoms with E-state index >= 15 is 0 Å². The first-order valence-electron chi connectivity index (χ1n) is 8.28. The highest BCUT2D eigenvalue weighted by atomic mass is 19.4. The minimum Gasteiger partial charge on any atom is -0.390 e. The van der Waals surface area contributed by atoms with Crippen molar-refractivity contribution < 1.29 is 27.8 Å². The summed E-state index contributed by atoms with van der Waals surface area (Å²) in [6.07, 6.45) is -4.97. The number of nitrogens with zero attached hydrogens (tertiary/aromatic N) is 2. The first-order chi connectivity index (χ1) is 11.8. The van der Waals surface area contributed by atoms with Gasteiger partial charge >= 0.3 is 6.18 Å². The third-order valence-electron chi connectivity index (χ3n) is 4.76. The van der Waals surface area contributed by atoms with E-state index in [2.05, 4.69) is 4.90 Å². The Labute approximate surface area is 144 Å². The summed E-state index contributed by atoms with van der Waals surface area (Å²) in [6, 6.07) is 4.51. The number of β-amino-alcohol motifs (C(OH)–C–C–N with tert-alkyl or cyclic N) is 1. The molecular weight excluding hydrogens is 337 g/mol. The summed E-state index contributed by atoms with van der Waals surface area (Å²) in [6.45, 7) is 3.36. The van der Waals surface area contributed by atoms with Crippen LogP contribution in [0.3, 0.4) is 0 Å². The molecule has 1 N–H and O–H groups in total. The van der Waals surface area contributed by atoms with Gasteiger partial charge in [0.05, 0.1) is 37.3 Å². The van der Waals surface area contributed by atoms with Gasteiger partial charge in [-0.2, -0.15) is 13.2 Å². The molecule has 0 bridgehead atoms. The number of halogens is 3. The smallest absolute Gasteiger partial charge is 0.390 e. The first-order valence-corrected chi connectivity index (χ1v) is 8.28. The zero-order valence-corrected chi connectivity index (χ0v) is 13.7. The summed E-state index contributed by atoms with van der Waals surface area (Å²) in [5.74, 6) is -0.186. The molecule has 2 heterocycles. The van der Waals surface area contributed by atoms with Crippen molar-refractivity contribution in [2.45, 2.75) is 24.7 Å². The topological polar surface area (TPSA) is 53.0 Å². The first kappa shape index (κ1) is 18.2. The molecule has 0 saturated carbocycles. The van der Waals surface area contributed by atoms with E-state index in [4.69, 9.17) is 4.74 Å². The van der Waals surface area contributed by atoms with Crippen LogP contribution in [-0.2, 0) is 22.1 Å². The van der Waals surface area contributed by atoms with E-state index in [1.165, 1.54) is 12.1 Å². The van der Waals surface area contributed by atoms with Gasteiger partial charge in [0.25, 0.3) is 0 Å². The predicted octanol–water partition coefficient (Wildman–Crippen LogP) is 1.15. The maximum absolute atomic E-state index is 12.6. The highest BCUT2D eigenvalue weighted by Gasteiger charge is 2.38. The molecular formula is C17H21F3N2O3. The largest absolute Gasteiger partial charge is 0.416 e. The molecule has 0 unspecified atom stereocenters. The van der Waals surface area contributed by atoms with Crippen LogP contribution in [-0.4, -0.2) is 72.4 Å². The van der Waals surface area contributed by atoms with Crippen molar-refractivity contribution in [2.75, 3.05) is 39.4 Å². The van der Waals surface area contributed by atoms with Crippen LogP contribution in [0.1, 0.15) is 11.1 Å². The van der Waals surface area contributed by atoms with Crippen LogP contribution in [0.5, 0.6) is 0 Å². The number of hydrogen-bond donors (Lipinski definition) is 1. The van der Waals surface area contributed by atoms with Gasteiger partial charge in [-0.3, -0.25) is 9.69 Å². The standard InChI is InChI=1S/C17H21F3N2O3/c18-17(19,20)13-3-1-12(2-4-13)9-16(24)22-10-14(15(23)11-22)21-5-7-25-8-6-21/h1-4,14-15,23H,5-11H2/t14-,15-/m0/s1. The van der Waals surface area contributed by atoms with E-state index in [1.807, 2.05) is 0 Å². The molecule has 3 rings (SSSR count). The molecule has 8 heteroatoms. The highest BCUT2D eigenvalue weighted by Crippen LogP contribution is 2.29. The van der Waals surface area contributed by atoms with Gasteiger partial charge in [0.1, 0.15) is 0 Å². The molecule has 2 fully saturated rings. The number of likely N-dealkylation sites (tertiary alicyclic amines) is 1. The summed E-state index contributed by atoms with van der Waals surface area (Å²) < 4.78 is 43.0. The number of morpholine rings is 1. The van der Waals surface area contributed by atoms with Gasteiger partial charge in [-0.05, 0) is 17.7 Å². The Hall–Kier alpha value is -1.64. The van der Waals surface area contributed by atoms with Crippen LogP contribution in [0, 0.1) is 0 Å². The van der Waals surface area contributed by atoms with E-state index in [0.29, 0.717) is 25.3 Å². The molecule has 2 saturated heterocycles. The highest BCUT2D eigenvalue weighted by molar-refractivity contribution is 5.79. The van der Waals surface area contributed by atoms with Gasteiger partial charge in [0, 0.05) is 26.2 Å². The number of carbonyl (C=O) groups excluding carboxylic acids is 1. The number of carbonyl (C=O) groups is 1. The molecule has 1 amide bonds. The molecule has 138 valence electrons. The van der Waals surface area contributed by atoms with Crippen molar-refractivity contribution in [1.29, 1.82) is 0 Å². The number of ether oxygens (including phenoxy) is 1. The van der Waals surface area contributed by atoms with Gasteiger partial charge in [0.15, 0.2) is 0 Å². The maximum atomic E-state index is 12.6. The maximum Gasteiger partial charge on any atom is 0.416 e. The van der Waals surface area contributed by atoms with Crippen molar-refractivity contribution in [3.8, 4) is 0 Å². The monoisotopic (exact) mass is 358 g/mol. The van der Waals surface area contributed by atoms with E-state index in [-0.39, 0.29) is 24.9 Å². The van der Waals surface area contributed by atoms with Crippen LogP contribution in [0.25, 0.3) is 0 Å². The molecule has 25 heavy (non-hydrogen) atoms. The second-order valence-electron chi connectivity index (χ2n) is 6.45. The van der Waals surface area contributed by atoms with E-state index in [1.54, 1.807) is 4.90 Å². The van der Waals surface area contributed by atoms with Gasteiger partial charge in [-0.1, -0.05) is 12.1 Å². The van der Waals surface area contributed by atoms with Gasteiger partial charge in [-0.25, -0.2) is 0 Å². The fourth-order valence-corrected chi connectivity index (χ4v) is 3.34. The lowest BCUT2D eigenvalue weighted by Gasteiger charge is -2.33. The fourth-order valence-electron chi connectivity index (χ4n) is 3.34. The van der Waals surface area contributed by atoms with E-state index in [0.717, 1.165) is 25.2 Å². The molecule has 5 nitrogen and oxygen atoms in total. The lowest BCUT2D eigenvalue weighted by Crippen LogP contribution is -2.49. The zero-order valence-electron chi connectivity index (χ0n) is 13.7. The molecule has 1 aromatic carbocycles. The Kier molecular flexibility index (Phi) is 5.31. The third-order valence-corrected chi connectivity index (χ3v) is 4.76. The SMILES string of the molecule is O=C(Cc1ccc(C(F)(F)F)cc1)N1C[C@H](O)[C@@H](N2CCOCC2)C1. The second kappa shape index (κ2) is 7.31. The van der Waals surface area contributed by atoms with Crippen molar-refractivity contribution in [3.63, 3.8) is 0 Å². The average molecular weight is 358 g/mol. The van der Waals surface area contributed by atoms with Crippen LogP contribution >= 0.6 is 0 Å². The summed E-state index contributed by atoms with van der Waals surface area (Å²) in [4.78, 5) is 16.1. The number of aliphatic hydroxyl groups is 1. The normalized spacial score (nSPS) is 25.4. The second-order valence-corrected chi connectivity index (χ2v) is 6.45. The Bertz CT molecular complexity index is 600. The van der Waals surface area contributed by atoms with E-state index in [9.17, 15) is 23.1 Å². The van der Waals surface area contributed by atoms with Crippen molar-refractivity contribution >= 4 is 5.91 Å². The lowest BCUT2D eigenvalue weighted by atomic mass is 10.1. The summed E-state index contributed by atoms with van der Waals surface area (Å²) in [7, 11) is 0. The van der Waals surface area contributed by atoms with Gasteiger partial charge < -0.3 is 14.7 Å². The Morgan fingerprint density at radius 3 is 2.40 bits per heavy atom. The van der Waals surface area contributed by atoms with Crippen LogP contribution < -0.4 is 0 Å². The van der Waals surface area contributed by atoms with E-state index < -0.39 is 17.8 Å². The Morgan fingerprint density at radius 2 is 1.80 bits per heavy atom. The van der Waals surface area contributed by atoms with Crippen molar-refractivity contribution in [3.05, 3.63) is 35.4 Å². The Morgan fingerprint density at radius 1 is 1.16 bits per heavy atom. The number of rotatable bonds is 3. The summed E-state index contributed by atoms with van der Waals surface area (Å²) in [5, 5.41) is 10.3. The van der Waals surface area contributed by atoms with Crippen LogP contribution in [0.15, 0.2) is 24.3 Å². The molecule has 2 atom stereocenters. The average Bonchev–Trinajstić information content (AvgIpc) is 2.97. The fraction of sp³-hybridized carbons (Fsp3) is 0.588. The Balaban J connectivity index is 1.58. The number of aliphatic hydroxyl groups excluding tert-OH is 1. The lowest BCUT2D eigenvalue weighted by molar-refractivity contribution is -0.137. The number of alkyl halides is 3. The summed E-state index contributed by atoms with van der Waals surface area (Å²) >= 11 is 0. The minimum atomic E-state index is -4.38. The third kappa shape index (κ3) is 4.31. The zero-order chi connectivity index (χ0) is 18.0. The molecule has 0 spiro atoms. The van der Waals surface area contributed by atoms with Gasteiger partial charge in [-0.15, -0.1) is 0 Å². The molecule has 2 aliphatic rings. The van der Waals surface area contributed by atoms with Crippen molar-refractivity contribution in [2.24, 2.45) is 0 Å². The summed E-state index contributed by atoms with van der Waals surface area (Å²) in [5.41, 5.74) is -0.199. The van der Waals surface area contributed by atoms with Gasteiger partial charge in [0.2, 0.25) is 5.91 Å². The molecule has 0 aliphatic carbocycles. The number of amides is 1. The molecule has 0 aromatic heterocycles. The van der Waals surface area contributed by atoms with Crippen LogP contribution in [0.4, 0.5) is 13.2 Å². The molecule has 2 aliphatic heterocycles.